The molecule has 1 rings (SSSR count). The number of nitrogens with one attached hydrogen (secondary N) is 1. The third-order valence-electron chi connectivity index (χ3n) is 2.28. The lowest BCUT2D eigenvalue weighted by atomic mass is 10.1. The van der Waals surface area contributed by atoms with Crippen LogP contribution in [0.5, 0.6) is 0 Å². The summed E-state index contributed by atoms with van der Waals surface area (Å²) >= 11 is 0. The number of amides is 1. The van der Waals surface area contributed by atoms with Crippen LogP contribution in [0.25, 0.3) is 0 Å². The third-order valence-corrected chi connectivity index (χ3v) is 2.28. The SMILES string of the molecule is CC(CO)(CO)NC(=O)Cn1cc([N+](=O)[O-])cn1. The molecular weight excluding hydrogens is 244 g/mol. The van der Waals surface area contributed by atoms with Crippen molar-refractivity contribution in [3.05, 3.63) is 22.5 Å². The van der Waals surface area contributed by atoms with Gasteiger partial charge in [-0.25, -0.2) is 0 Å². The summed E-state index contributed by atoms with van der Waals surface area (Å²) in [6.07, 6.45) is 2.15. The highest BCUT2D eigenvalue weighted by molar-refractivity contribution is 5.76. The second kappa shape index (κ2) is 5.56. The van der Waals surface area contributed by atoms with E-state index in [4.69, 9.17) is 10.2 Å². The van der Waals surface area contributed by atoms with Crippen LogP contribution in [0.3, 0.4) is 0 Å². The maximum absolute atomic E-state index is 11.6. The number of carbonyl (C=O) groups is 1. The summed E-state index contributed by atoms with van der Waals surface area (Å²) in [6.45, 7) is 0.392. The Morgan fingerprint density at radius 2 is 2.22 bits per heavy atom. The second-order valence-corrected chi connectivity index (χ2v) is 4.08. The minimum absolute atomic E-state index is 0.213. The van der Waals surface area contributed by atoms with Crippen molar-refractivity contribution in [3.63, 3.8) is 0 Å². The molecule has 0 fully saturated rings. The fourth-order valence-electron chi connectivity index (χ4n) is 1.19. The van der Waals surface area contributed by atoms with E-state index in [-0.39, 0.29) is 12.2 Å². The molecule has 0 spiro atoms. The van der Waals surface area contributed by atoms with Crippen LogP contribution in [0, 0.1) is 10.1 Å². The van der Waals surface area contributed by atoms with Crippen molar-refractivity contribution in [2.24, 2.45) is 0 Å². The maximum Gasteiger partial charge on any atom is 0.307 e. The van der Waals surface area contributed by atoms with Gasteiger partial charge in [0.2, 0.25) is 5.91 Å². The molecule has 18 heavy (non-hydrogen) atoms. The van der Waals surface area contributed by atoms with E-state index in [2.05, 4.69) is 10.4 Å². The number of hydrogen-bond donors (Lipinski definition) is 3. The molecule has 1 aromatic rings. The average molecular weight is 258 g/mol. The van der Waals surface area contributed by atoms with Crippen molar-refractivity contribution in [1.29, 1.82) is 0 Å². The Kier molecular flexibility index (Phi) is 4.34. The molecule has 0 aromatic carbocycles. The third kappa shape index (κ3) is 3.50. The van der Waals surface area contributed by atoms with Crippen LogP contribution in [0.1, 0.15) is 6.92 Å². The van der Waals surface area contributed by atoms with E-state index >= 15 is 0 Å². The lowest BCUT2D eigenvalue weighted by Gasteiger charge is -2.25. The summed E-state index contributed by atoms with van der Waals surface area (Å²) < 4.78 is 1.10. The summed E-state index contributed by atoms with van der Waals surface area (Å²) in [5.74, 6) is -0.515. The van der Waals surface area contributed by atoms with Gasteiger partial charge in [0.05, 0.1) is 23.7 Å². The molecule has 3 N–H and O–H groups in total. The smallest absolute Gasteiger partial charge is 0.307 e. The Morgan fingerprint density at radius 3 is 2.67 bits per heavy atom. The highest BCUT2D eigenvalue weighted by atomic mass is 16.6. The number of carbonyl (C=O) groups excluding carboxylic acids is 1. The zero-order chi connectivity index (χ0) is 13.8. The Bertz CT molecular complexity index is 440. The molecule has 0 saturated carbocycles. The Balaban J connectivity index is 2.61. The van der Waals surface area contributed by atoms with Crippen LogP contribution < -0.4 is 5.32 Å². The van der Waals surface area contributed by atoms with Crippen LogP contribution in [0.4, 0.5) is 5.69 Å². The van der Waals surface area contributed by atoms with E-state index in [0.29, 0.717) is 0 Å². The predicted octanol–water partition coefficient (Wildman–Crippen LogP) is -1.35. The largest absolute Gasteiger partial charge is 0.394 e. The van der Waals surface area contributed by atoms with Crippen molar-refractivity contribution >= 4 is 11.6 Å². The molecule has 100 valence electrons. The van der Waals surface area contributed by atoms with Gasteiger partial charge in [-0.1, -0.05) is 0 Å². The summed E-state index contributed by atoms with van der Waals surface area (Å²) in [5, 5.41) is 34.4. The Morgan fingerprint density at radius 1 is 1.61 bits per heavy atom. The van der Waals surface area contributed by atoms with Gasteiger partial charge in [-0.2, -0.15) is 5.10 Å². The number of aliphatic hydroxyl groups is 2. The first-order chi connectivity index (χ1) is 8.40. The predicted molar refractivity (Wildman–Crippen MR) is 59.6 cm³/mol. The zero-order valence-electron chi connectivity index (χ0n) is 9.74. The molecule has 0 aliphatic carbocycles. The van der Waals surface area contributed by atoms with Crippen molar-refractivity contribution in [1.82, 2.24) is 15.1 Å². The van der Waals surface area contributed by atoms with Crippen LogP contribution in [-0.4, -0.2) is 49.6 Å². The molecule has 0 unspecified atom stereocenters. The lowest BCUT2D eigenvalue weighted by Crippen LogP contribution is -2.52. The van der Waals surface area contributed by atoms with E-state index < -0.39 is 29.6 Å². The number of aromatic nitrogens is 2. The first kappa shape index (κ1) is 14.1. The summed E-state index contributed by atoms with van der Waals surface area (Å²) in [6, 6.07) is 0. The van der Waals surface area contributed by atoms with Gasteiger partial charge in [-0.05, 0) is 6.92 Å². The van der Waals surface area contributed by atoms with Crippen molar-refractivity contribution in [3.8, 4) is 0 Å². The van der Waals surface area contributed by atoms with Gasteiger partial charge < -0.3 is 15.5 Å². The Labute approximate surface area is 102 Å². The lowest BCUT2D eigenvalue weighted by molar-refractivity contribution is -0.385. The minimum atomic E-state index is -1.13. The Hall–Kier alpha value is -2.00. The molecule has 0 radical (unpaired) electrons. The van der Waals surface area contributed by atoms with Crippen LogP contribution in [0.2, 0.25) is 0 Å². The molecule has 9 heteroatoms. The zero-order valence-corrected chi connectivity index (χ0v) is 9.74. The highest BCUT2D eigenvalue weighted by Crippen LogP contribution is 2.07. The molecule has 0 aliphatic heterocycles. The molecule has 0 atom stereocenters. The number of aliphatic hydroxyl groups excluding tert-OH is 2. The van der Waals surface area contributed by atoms with Crippen LogP contribution in [-0.2, 0) is 11.3 Å². The molecule has 0 aliphatic rings. The van der Waals surface area contributed by atoms with Gasteiger partial charge in [-0.15, -0.1) is 0 Å². The van der Waals surface area contributed by atoms with Crippen molar-refractivity contribution < 1.29 is 19.9 Å². The summed E-state index contributed by atoms with van der Waals surface area (Å²) in [7, 11) is 0. The van der Waals surface area contributed by atoms with E-state index in [1.165, 1.54) is 6.92 Å². The molecular formula is C9H14N4O5. The van der Waals surface area contributed by atoms with E-state index in [9.17, 15) is 14.9 Å². The van der Waals surface area contributed by atoms with Crippen LogP contribution >= 0.6 is 0 Å². The standard InChI is InChI=1S/C9H14N4O5/c1-9(5-14,6-15)11-8(16)4-12-3-7(2-10-12)13(17)18/h2-3,14-15H,4-6H2,1H3,(H,11,16). The first-order valence-corrected chi connectivity index (χ1v) is 5.10. The number of hydrogen-bond acceptors (Lipinski definition) is 6. The summed E-state index contributed by atoms with van der Waals surface area (Å²) in [4.78, 5) is 21.3. The monoisotopic (exact) mass is 258 g/mol. The van der Waals surface area contributed by atoms with Crippen molar-refractivity contribution in [2.45, 2.75) is 19.0 Å². The normalized spacial score (nSPS) is 11.3. The molecule has 0 saturated heterocycles. The minimum Gasteiger partial charge on any atom is -0.394 e. The highest BCUT2D eigenvalue weighted by Gasteiger charge is 2.24. The van der Waals surface area contributed by atoms with E-state index in [0.717, 1.165) is 17.1 Å². The van der Waals surface area contributed by atoms with E-state index in [1.54, 1.807) is 0 Å². The van der Waals surface area contributed by atoms with Crippen molar-refractivity contribution in [2.75, 3.05) is 13.2 Å². The summed E-state index contributed by atoms with van der Waals surface area (Å²) in [5.41, 5.74) is -1.34. The molecule has 1 amide bonds. The number of rotatable bonds is 6. The number of nitrogens with zero attached hydrogens (tertiary/aromatic N) is 3. The average Bonchev–Trinajstić information content (AvgIpc) is 2.77. The molecule has 0 bridgehead atoms. The van der Waals surface area contributed by atoms with E-state index in [1.807, 2.05) is 0 Å². The molecule has 1 heterocycles. The quantitative estimate of drug-likeness (QED) is 0.427. The first-order valence-electron chi connectivity index (χ1n) is 5.10. The molecule has 1 aromatic heterocycles. The topological polar surface area (TPSA) is 131 Å². The van der Waals surface area contributed by atoms with Gasteiger partial charge in [0.1, 0.15) is 18.9 Å². The fourth-order valence-corrected chi connectivity index (χ4v) is 1.19. The van der Waals surface area contributed by atoms with Crippen LogP contribution in [0.15, 0.2) is 12.4 Å². The fraction of sp³-hybridized carbons (Fsp3) is 0.556. The second-order valence-electron chi connectivity index (χ2n) is 4.08. The van der Waals surface area contributed by atoms with Gasteiger partial charge in [0.25, 0.3) is 0 Å². The van der Waals surface area contributed by atoms with Gasteiger partial charge >= 0.3 is 5.69 Å². The van der Waals surface area contributed by atoms with Gasteiger partial charge in [0, 0.05) is 0 Å². The maximum atomic E-state index is 11.6. The number of nitro groups is 1. The molecule has 9 nitrogen and oxygen atoms in total. The van der Waals surface area contributed by atoms with Gasteiger partial charge in [0.15, 0.2) is 0 Å². The van der Waals surface area contributed by atoms with Gasteiger partial charge in [-0.3, -0.25) is 19.6 Å².